The third-order valence-electron chi connectivity index (χ3n) is 5.90. The second-order valence-electron chi connectivity index (χ2n) is 8.04. The van der Waals surface area contributed by atoms with Gasteiger partial charge < -0.3 is 20.7 Å². The third-order valence-corrected chi connectivity index (χ3v) is 5.90. The van der Waals surface area contributed by atoms with Gasteiger partial charge in [-0.2, -0.15) is 0 Å². The smallest absolute Gasteiger partial charge is 0.333 e. The van der Waals surface area contributed by atoms with Gasteiger partial charge >= 0.3 is 5.69 Å². The minimum absolute atomic E-state index is 0.147. The van der Waals surface area contributed by atoms with E-state index in [0.29, 0.717) is 45.0 Å². The summed E-state index contributed by atoms with van der Waals surface area (Å²) in [6.07, 6.45) is 3.85. The number of fused-ring (bicyclic) bond motifs is 1. The van der Waals surface area contributed by atoms with E-state index in [1.54, 1.807) is 0 Å². The SMILES string of the molecule is CCCn1c(N)c(N2CCOCC2)c(=O)n(CC(=O)Nc2ccc3c(c2)CCC3)c1=O. The molecule has 9 heteroatoms. The van der Waals surface area contributed by atoms with Crippen molar-refractivity contribution in [3.8, 4) is 0 Å². The average molecular weight is 428 g/mol. The molecule has 2 aromatic rings. The number of aromatic nitrogens is 2. The van der Waals surface area contributed by atoms with Gasteiger partial charge in [0, 0.05) is 25.3 Å². The Bertz CT molecular complexity index is 1100. The molecule has 3 N–H and O–H groups in total. The molecule has 1 aliphatic carbocycles. The van der Waals surface area contributed by atoms with Gasteiger partial charge in [-0.15, -0.1) is 0 Å². The molecular weight excluding hydrogens is 398 g/mol. The van der Waals surface area contributed by atoms with Gasteiger partial charge in [0.25, 0.3) is 5.56 Å². The first-order chi connectivity index (χ1) is 15.0. The molecule has 1 saturated heterocycles. The maximum Gasteiger partial charge on any atom is 0.333 e. The number of rotatable bonds is 6. The Morgan fingerprint density at radius 2 is 1.87 bits per heavy atom. The molecule has 0 atom stereocenters. The number of benzene rings is 1. The fourth-order valence-electron chi connectivity index (χ4n) is 4.36. The van der Waals surface area contributed by atoms with Crippen LogP contribution in [0.5, 0.6) is 0 Å². The first kappa shape index (κ1) is 21.2. The molecule has 0 radical (unpaired) electrons. The fourth-order valence-corrected chi connectivity index (χ4v) is 4.36. The van der Waals surface area contributed by atoms with Crippen LogP contribution in [0, 0.1) is 0 Å². The number of hydrogen-bond acceptors (Lipinski definition) is 6. The summed E-state index contributed by atoms with van der Waals surface area (Å²) in [7, 11) is 0. The molecule has 1 aromatic carbocycles. The Kier molecular flexibility index (Phi) is 6.13. The molecule has 0 bridgehead atoms. The van der Waals surface area contributed by atoms with E-state index in [-0.39, 0.29) is 18.1 Å². The highest BCUT2D eigenvalue weighted by atomic mass is 16.5. The van der Waals surface area contributed by atoms with E-state index >= 15 is 0 Å². The topological polar surface area (TPSA) is 112 Å². The molecular formula is C22H29N5O4. The van der Waals surface area contributed by atoms with Crippen LogP contribution in [0.25, 0.3) is 0 Å². The van der Waals surface area contributed by atoms with Crippen LogP contribution >= 0.6 is 0 Å². The standard InChI is InChI=1S/C22H29N5O4/c1-2-8-26-20(23)19(25-9-11-31-12-10-25)21(29)27(22(26)30)14-18(28)24-17-7-6-15-4-3-5-16(15)13-17/h6-7,13H,2-5,8-12,14,23H2,1H3,(H,24,28). The Hall–Kier alpha value is -3.07. The zero-order valence-corrected chi connectivity index (χ0v) is 17.9. The van der Waals surface area contributed by atoms with Crippen molar-refractivity contribution in [1.29, 1.82) is 0 Å². The lowest BCUT2D eigenvalue weighted by molar-refractivity contribution is -0.116. The zero-order chi connectivity index (χ0) is 22.0. The van der Waals surface area contributed by atoms with Gasteiger partial charge in [0.2, 0.25) is 5.91 Å². The number of nitrogens with two attached hydrogens (primary N) is 1. The van der Waals surface area contributed by atoms with Crippen molar-refractivity contribution in [2.45, 2.75) is 45.7 Å². The highest BCUT2D eigenvalue weighted by Crippen LogP contribution is 2.25. The van der Waals surface area contributed by atoms with Gasteiger partial charge in [0.05, 0.1) is 13.2 Å². The molecule has 1 fully saturated rings. The minimum Gasteiger partial charge on any atom is -0.383 e. The molecule has 0 saturated carbocycles. The minimum atomic E-state index is -0.564. The Balaban J connectivity index is 1.65. The lowest BCUT2D eigenvalue weighted by atomic mass is 10.1. The molecule has 2 heterocycles. The van der Waals surface area contributed by atoms with Crippen molar-refractivity contribution >= 4 is 23.1 Å². The van der Waals surface area contributed by atoms with Gasteiger partial charge in [-0.1, -0.05) is 13.0 Å². The van der Waals surface area contributed by atoms with Gasteiger partial charge in [-0.05, 0) is 48.9 Å². The highest BCUT2D eigenvalue weighted by molar-refractivity contribution is 5.90. The first-order valence-corrected chi connectivity index (χ1v) is 10.9. The summed E-state index contributed by atoms with van der Waals surface area (Å²) in [5.74, 6) is -0.271. The quantitative estimate of drug-likeness (QED) is 0.711. The van der Waals surface area contributed by atoms with Gasteiger partial charge in [0.15, 0.2) is 0 Å². The van der Waals surface area contributed by atoms with Crippen LogP contribution in [0.3, 0.4) is 0 Å². The number of ether oxygens (including phenoxy) is 1. The van der Waals surface area contributed by atoms with Crippen LogP contribution in [0.4, 0.5) is 17.2 Å². The van der Waals surface area contributed by atoms with E-state index in [4.69, 9.17) is 10.5 Å². The first-order valence-electron chi connectivity index (χ1n) is 10.9. The van der Waals surface area contributed by atoms with E-state index in [1.165, 1.54) is 15.7 Å². The number of nitrogens with one attached hydrogen (secondary N) is 1. The van der Waals surface area contributed by atoms with Crippen molar-refractivity contribution in [3.05, 3.63) is 50.2 Å². The van der Waals surface area contributed by atoms with Gasteiger partial charge in [-0.3, -0.25) is 14.2 Å². The molecule has 31 heavy (non-hydrogen) atoms. The van der Waals surface area contributed by atoms with E-state index in [9.17, 15) is 14.4 Å². The average Bonchev–Trinajstić information content (AvgIpc) is 3.23. The number of aryl methyl sites for hydroxylation is 2. The third kappa shape index (κ3) is 4.23. The maximum absolute atomic E-state index is 13.2. The van der Waals surface area contributed by atoms with Gasteiger partial charge in [0.1, 0.15) is 18.1 Å². The van der Waals surface area contributed by atoms with Crippen LogP contribution in [-0.4, -0.2) is 41.3 Å². The van der Waals surface area contributed by atoms with Crippen LogP contribution < -0.4 is 27.2 Å². The molecule has 1 aliphatic heterocycles. The lowest BCUT2D eigenvalue weighted by Crippen LogP contribution is -2.48. The Morgan fingerprint density at radius 1 is 1.13 bits per heavy atom. The second-order valence-corrected chi connectivity index (χ2v) is 8.04. The summed E-state index contributed by atoms with van der Waals surface area (Å²) in [5, 5.41) is 2.83. The highest BCUT2D eigenvalue weighted by Gasteiger charge is 2.24. The number of amides is 1. The number of carbonyl (C=O) groups is 1. The normalized spacial score (nSPS) is 15.7. The fraction of sp³-hybridized carbons (Fsp3) is 0.500. The molecule has 9 nitrogen and oxygen atoms in total. The van der Waals surface area contributed by atoms with Crippen molar-refractivity contribution in [3.63, 3.8) is 0 Å². The molecule has 1 amide bonds. The maximum atomic E-state index is 13.2. The summed E-state index contributed by atoms with van der Waals surface area (Å²) >= 11 is 0. The van der Waals surface area contributed by atoms with E-state index in [0.717, 1.165) is 23.8 Å². The van der Waals surface area contributed by atoms with Crippen molar-refractivity contribution in [2.75, 3.05) is 42.3 Å². The van der Waals surface area contributed by atoms with E-state index in [1.807, 2.05) is 30.0 Å². The summed E-state index contributed by atoms with van der Waals surface area (Å²) in [4.78, 5) is 40.8. The molecule has 2 aliphatic rings. The summed E-state index contributed by atoms with van der Waals surface area (Å²) in [6, 6.07) is 5.86. The monoisotopic (exact) mass is 427 g/mol. The predicted molar refractivity (Wildman–Crippen MR) is 120 cm³/mol. The summed E-state index contributed by atoms with van der Waals surface area (Å²) in [6.45, 7) is 3.90. The van der Waals surface area contributed by atoms with Crippen molar-refractivity contribution < 1.29 is 9.53 Å². The van der Waals surface area contributed by atoms with Crippen LogP contribution in [0.2, 0.25) is 0 Å². The van der Waals surface area contributed by atoms with Crippen LogP contribution in [-0.2, 0) is 35.5 Å². The van der Waals surface area contributed by atoms with Crippen LogP contribution in [0.1, 0.15) is 30.9 Å². The molecule has 166 valence electrons. The largest absolute Gasteiger partial charge is 0.383 e. The second kappa shape index (κ2) is 8.97. The number of anilines is 3. The molecule has 1 aromatic heterocycles. The number of nitrogen functional groups attached to an aromatic ring is 1. The zero-order valence-electron chi connectivity index (χ0n) is 17.9. The molecule has 4 rings (SSSR count). The number of nitrogens with zero attached hydrogens (tertiary/aromatic N) is 3. The Morgan fingerprint density at radius 3 is 2.61 bits per heavy atom. The van der Waals surface area contributed by atoms with Gasteiger partial charge in [-0.25, -0.2) is 9.36 Å². The number of morpholine rings is 1. The predicted octanol–water partition coefficient (Wildman–Crippen LogP) is 0.966. The summed E-state index contributed by atoms with van der Waals surface area (Å²) < 4.78 is 7.74. The summed E-state index contributed by atoms with van der Waals surface area (Å²) in [5.41, 5.74) is 8.63. The Labute approximate surface area is 180 Å². The van der Waals surface area contributed by atoms with Crippen molar-refractivity contribution in [1.82, 2.24) is 9.13 Å². The number of carbonyl (C=O) groups excluding carboxylic acids is 1. The molecule has 0 unspecified atom stereocenters. The van der Waals surface area contributed by atoms with E-state index < -0.39 is 17.2 Å². The molecule has 0 spiro atoms. The number of hydrogen-bond donors (Lipinski definition) is 2. The van der Waals surface area contributed by atoms with Crippen LogP contribution in [0.15, 0.2) is 27.8 Å². The van der Waals surface area contributed by atoms with E-state index in [2.05, 4.69) is 5.32 Å². The van der Waals surface area contributed by atoms with Crippen molar-refractivity contribution in [2.24, 2.45) is 0 Å². The lowest BCUT2D eigenvalue weighted by Gasteiger charge is -2.30.